The predicted octanol–water partition coefficient (Wildman–Crippen LogP) is 2.93. The third-order valence-electron chi connectivity index (χ3n) is 3.52. The van der Waals surface area contributed by atoms with Crippen LogP contribution in [0.25, 0.3) is 5.70 Å². The second-order valence-electron chi connectivity index (χ2n) is 4.17. The molecule has 1 aliphatic rings. The predicted molar refractivity (Wildman–Crippen MR) is 69.1 cm³/mol. The van der Waals surface area contributed by atoms with E-state index in [4.69, 9.17) is 0 Å². The zero-order chi connectivity index (χ0) is 11.4. The molecular weight excluding hydrogens is 196 g/mol. The summed E-state index contributed by atoms with van der Waals surface area (Å²) in [6.07, 6.45) is 4.05. The Hall–Kier alpha value is -1.41. The molecule has 2 nitrogen and oxygen atoms in total. The maximum atomic E-state index is 4.32. The molecule has 0 fully saturated rings. The van der Waals surface area contributed by atoms with Gasteiger partial charge in [-0.2, -0.15) is 0 Å². The van der Waals surface area contributed by atoms with Gasteiger partial charge >= 0.3 is 0 Å². The van der Waals surface area contributed by atoms with E-state index < -0.39 is 0 Å². The molecule has 0 spiro atoms. The molecule has 0 unspecified atom stereocenters. The van der Waals surface area contributed by atoms with Crippen molar-refractivity contribution < 1.29 is 4.48 Å². The maximum absolute atomic E-state index is 4.32. The summed E-state index contributed by atoms with van der Waals surface area (Å²) in [5, 5.41) is 0. The summed E-state index contributed by atoms with van der Waals surface area (Å²) in [5.74, 6) is 0. The quantitative estimate of drug-likeness (QED) is 0.687. The van der Waals surface area contributed by atoms with Crippen molar-refractivity contribution in [3.8, 4) is 0 Å². The SMILES string of the molecule is CC[N+]1(CC)CC=NC=C1c1ccccc1. The van der Waals surface area contributed by atoms with Gasteiger partial charge in [-0.3, -0.25) is 9.48 Å². The van der Waals surface area contributed by atoms with Gasteiger partial charge in [0.25, 0.3) is 0 Å². The number of benzene rings is 1. The molecule has 0 aromatic heterocycles. The van der Waals surface area contributed by atoms with Gasteiger partial charge in [-0.1, -0.05) is 18.2 Å². The Bertz CT molecular complexity index is 400. The molecule has 0 aliphatic carbocycles. The van der Waals surface area contributed by atoms with Crippen molar-refractivity contribution in [3.63, 3.8) is 0 Å². The van der Waals surface area contributed by atoms with Crippen LogP contribution in [0.15, 0.2) is 41.5 Å². The van der Waals surface area contributed by atoms with Crippen molar-refractivity contribution >= 4 is 11.9 Å². The fourth-order valence-electron chi connectivity index (χ4n) is 2.33. The molecule has 0 saturated carbocycles. The highest BCUT2D eigenvalue weighted by atomic mass is 15.4. The van der Waals surface area contributed by atoms with Crippen LogP contribution >= 0.6 is 0 Å². The normalized spacial score (nSPS) is 18.2. The van der Waals surface area contributed by atoms with Gasteiger partial charge in [-0.15, -0.1) is 0 Å². The Labute approximate surface area is 97.5 Å². The second kappa shape index (κ2) is 4.62. The van der Waals surface area contributed by atoms with E-state index in [1.165, 1.54) is 11.3 Å². The summed E-state index contributed by atoms with van der Waals surface area (Å²) in [6, 6.07) is 10.6. The average Bonchev–Trinajstić information content (AvgIpc) is 2.39. The van der Waals surface area contributed by atoms with Crippen molar-refractivity contribution in [3.05, 3.63) is 42.1 Å². The van der Waals surface area contributed by atoms with Gasteiger partial charge in [-0.05, 0) is 26.0 Å². The fraction of sp³-hybridized carbons (Fsp3) is 0.357. The summed E-state index contributed by atoms with van der Waals surface area (Å²) in [7, 11) is 0. The van der Waals surface area contributed by atoms with Crippen LogP contribution < -0.4 is 0 Å². The van der Waals surface area contributed by atoms with Crippen molar-refractivity contribution in [2.75, 3.05) is 19.6 Å². The van der Waals surface area contributed by atoms with Crippen molar-refractivity contribution in [2.45, 2.75) is 13.8 Å². The molecule has 0 amide bonds. The largest absolute Gasteiger partial charge is 0.285 e. The number of rotatable bonds is 3. The van der Waals surface area contributed by atoms with Crippen LogP contribution in [0.3, 0.4) is 0 Å². The molecule has 0 atom stereocenters. The smallest absolute Gasteiger partial charge is 0.158 e. The molecule has 84 valence electrons. The van der Waals surface area contributed by atoms with E-state index in [1.54, 1.807) is 0 Å². The Morgan fingerprint density at radius 2 is 1.81 bits per heavy atom. The number of quaternary nitrogens is 1. The van der Waals surface area contributed by atoms with Gasteiger partial charge in [0.15, 0.2) is 5.70 Å². The molecular formula is C14H19N2+. The highest BCUT2D eigenvalue weighted by molar-refractivity contribution is 5.69. The Morgan fingerprint density at radius 3 is 2.44 bits per heavy atom. The third kappa shape index (κ3) is 1.81. The van der Waals surface area contributed by atoms with Gasteiger partial charge in [-0.25, -0.2) is 0 Å². The molecule has 2 heteroatoms. The van der Waals surface area contributed by atoms with Crippen LogP contribution in [0.5, 0.6) is 0 Å². The number of aliphatic imine (C=N–C) groups is 1. The zero-order valence-corrected chi connectivity index (χ0v) is 10.1. The third-order valence-corrected chi connectivity index (χ3v) is 3.52. The molecule has 0 N–H and O–H groups in total. The number of nitrogens with zero attached hydrogens (tertiary/aromatic N) is 2. The molecule has 0 saturated heterocycles. The lowest BCUT2D eigenvalue weighted by atomic mass is 10.1. The van der Waals surface area contributed by atoms with E-state index in [2.05, 4.69) is 49.2 Å². The molecule has 1 heterocycles. The summed E-state index contributed by atoms with van der Waals surface area (Å²) < 4.78 is 1.01. The second-order valence-corrected chi connectivity index (χ2v) is 4.17. The van der Waals surface area contributed by atoms with E-state index in [9.17, 15) is 0 Å². The van der Waals surface area contributed by atoms with Gasteiger partial charge in [0.1, 0.15) is 6.54 Å². The van der Waals surface area contributed by atoms with E-state index in [0.29, 0.717) is 0 Å². The zero-order valence-electron chi connectivity index (χ0n) is 10.1. The van der Waals surface area contributed by atoms with Gasteiger partial charge in [0.05, 0.1) is 25.5 Å². The van der Waals surface area contributed by atoms with Crippen LogP contribution in [0, 0.1) is 0 Å². The van der Waals surface area contributed by atoms with Crippen LogP contribution in [0.2, 0.25) is 0 Å². The molecule has 0 bridgehead atoms. The lowest BCUT2D eigenvalue weighted by Gasteiger charge is -2.38. The van der Waals surface area contributed by atoms with Crippen molar-refractivity contribution in [1.29, 1.82) is 0 Å². The highest BCUT2D eigenvalue weighted by Crippen LogP contribution is 2.28. The molecule has 2 rings (SSSR count). The minimum atomic E-state index is 1.01. The first kappa shape index (κ1) is 11.1. The first-order chi connectivity index (χ1) is 7.82. The minimum Gasteiger partial charge on any atom is -0.285 e. The van der Waals surface area contributed by atoms with E-state index in [-0.39, 0.29) is 0 Å². The topological polar surface area (TPSA) is 12.4 Å². The molecule has 0 radical (unpaired) electrons. The van der Waals surface area contributed by atoms with Crippen LogP contribution in [-0.4, -0.2) is 30.3 Å². The lowest BCUT2D eigenvalue weighted by molar-refractivity contribution is -0.847. The van der Waals surface area contributed by atoms with Crippen LogP contribution in [0.1, 0.15) is 19.4 Å². The minimum absolute atomic E-state index is 1.01. The number of hydrogen-bond donors (Lipinski definition) is 0. The highest BCUT2D eigenvalue weighted by Gasteiger charge is 2.31. The van der Waals surface area contributed by atoms with Crippen molar-refractivity contribution in [1.82, 2.24) is 0 Å². The van der Waals surface area contributed by atoms with E-state index in [0.717, 1.165) is 24.1 Å². The van der Waals surface area contributed by atoms with Gasteiger partial charge < -0.3 is 0 Å². The first-order valence-electron chi connectivity index (χ1n) is 5.96. The molecule has 16 heavy (non-hydrogen) atoms. The van der Waals surface area contributed by atoms with Gasteiger partial charge in [0.2, 0.25) is 0 Å². The van der Waals surface area contributed by atoms with Gasteiger partial charge in [0, 0.05) is 5.56 Å². The Balaban J connectivity index is 2.44. The summed E-state index contributed by atoms with van der Waals surface area (Å²) in [6.45, 7) is 7.74. The molecule has 1 aromatic carbocycles. The van der Waals surface area contributed by atoms with Crippen molar-refractivity contribution in [2.24, 2.45) is 4.99 Å². The molecule has 1 aliphatic heterocycles. The summed E-state index contributed by atoms with van der Waals surface area (Å²) in [4.78, 5) is 4.32. The van der Waals surface area contributed by atoms with Crippen LogP contribution in [0.4, 0.5) is 0 Å². The van der Waals surface area contributed by atoms with Crippen LogP contribution in [-0.2, 0) is 0 Å². The fourth-order valence-corrected chi connectivity index (χ4v) is 2.33. The molecule has 1 aromatic rings. The maximum Gasteiger partial charge on any atom is 0.158 e. The summed E-state index contributed by atoms with van der Waals surface area (Å²) >= 11 is 0. The number of hydrogen-bond acceptors (Lipinski definition) is 1. The monoisotopic (exact) mass is 215 g/mol. The Kier molecular flexibility index (Phi) is 3.20. The summed E-state index contributed by atoms with van der Waals surface area (Å²) in [5.41, 5.74) is 2.64. The van der Waals surface area contributed by atoms with E-state index >= 15 is 0 Å². The standard InChI is InChI=1S/C14H19N2/c1-3-16(4-2)11-10-15-12-14(16)13-8-6-5-7-9-13/h5-10,12H,3-4,11H2,1-2H3/q+1. The average molecular weight is 215 g/mol. The van der Waals surface area contributed by atoms with E-state index in [1.807, 2.05) is 12.4 Å². The Morgan fingerprint density at radius 1 is 1.12 bits per heavy atom. The lowest BCUT2D eigenvalue weighted by Crippen LogP contribution is -2.48. The first-order valence-corrected chi connectivity index (χ1v) is 5.96.